The van der Waals surface area contributed by atoms with Gasteiger partial charge in [0.15, 0.2) is 5.78 Å². The Morgan fingerprint density at radius 2 is 2.24 bits per heavy atom. The van der Waals surface area contributed by atoms with Crippen molar-refractivity contribution in [1.82, 2.24) is 15.5 Å². The third-order valence-corrected chi connectivity index (χ3v) is 6.28. The first-order valence-electron chi connectivity index (χ1n) is 9.96. The third-order valence-electron chi connectivity index (χ3n) is 5.56. The molecule has 7 nitrogen and oxygen atoms in total. The number of carbonyl (C=O) groups is 2. The van der Waals surface area contributed by atoms with Crippen LogP contribution in [0.15, 0.2) is 27.3 Å². The van der Waals surface area contributed by atoms with Crippen molar-refractivity contribution in [1.29, 1.82) is 0 Å². The molecule has 2 aromatic rings. The summed E-state index contributed by atoms with van der Waals surface area (Å²) in [4.78, 5) is 28.5. The lowest BCUT2D eigenvalue weighted by molar-refractivity contribution is 0.0854. The molecular weight excluding hydrogens is 438 g/mol. The summed E-state index contributed by atoms with van der Waals surface area (Å²) in [5.41, 5.74) is 1.99. The lowest BCUT2D eigenvalue weighted by Gasteiger charge is -2.18. The zero-order valence-corrected chi connectivity index (χ0v) is 17.9. The van der Waals surface area contributed by atoms with Crippen molar-refractivity contribution in [3.05, 3.63) is 51.1 Å². The second-order valence-corrected chi connectivity index (χ2v) is 8.62. The third kappa shape index (κ3) is 4.38. The fraction of sp³-hybridized carbons (Fsp3) is 0.476. The summed E-state index contributed by atoms with van der Waals surface area (Å²) < 4.78 is 12.1. The molecule has 4 rings (SSSR count). The molecule has 0 radical (unpaired) electrons. The number of allylic oxidation sites excluding steroid dienone is 2. The Hall–Kier alpha value is -2.19. The van der Waals surface area contributed by atoms with Crippen LogP contribution < -0.4 is 5.32 Å². The maximum absolute atomic E-state index is 13.2. The second kappa shape index (κ2) is 8.67. The van der Waals surface area contributed by atoms with Crippen LogP contribution in [0.2, 0.25) is 0 Å². The van der Waals surface area contributed by atoms with Crippen LogP contribution in [0.25, 0.3) is 0 Å². The number of hydrogen-bond donors (Lipinski definition) is 2. The lowest BCUT2D eigenvalue weighted by atomic mass is 9.87. The van der Waals surface area contributed by atoms with E-state index in [9.17, 15) is 9.59 Å². The highest BCUT2D eigenvalue weighted by molar-refractivity contribution is 9.11. The summed E-state index contributed by atoms with van der Waals surface area (Å²) in [5.74, 6) is 0.232. The first kappa shape index (κ1) is 20.1. The molecule has 154 valence electrons. The maximum Gasteiger partial charge on any atom is 0.267 e. The molecule has 1 saturated heterocycles. The molecule has 0 saturated carbocycles. The number of aryl methyl sites for hydroxylation is 1. The molecule has 2 unspecified atom stereocenters. The van der Waals surface area contributed by atoms with E-state index in [0.717, 1.165) is 38.7 Å². The predicted molar refractivity (Wildman–Crippen MR) is 110 cm³/mol. The van der Waals surface area contributed by atoms with Crippen LogP contribution in [-0.4, -0.2) is 41.1 Å². The summed E-state index contributed by atoms with van der Waals surface area (Å²) >= 11 is 3.53. The number of ketones is 1. The normalized spacial score (nSPS) is 21.8. The largest absolute Gasteiger partial charge is 0.376 e. The fourth-order valence-electron chi connectivity index (χ4n) is 3.90. The fourth-order valence-corrected chi connectivity index (χ4v) is 4.32. The minimum Gasteiger partial charge on any atom is -0.376 e. The van der Waals surface area contributed by atoms with Gasteiger partial charge in [-0.05, 0) is 49.6 Å². The smallest absolute Gasteiger partial charge is 0.267 e. The molecule has 3 heterocycles. The Morgan fingerprint density at radius 3 is 2.97 bits per heavy atom. The molecule has 2 aromatic heterocycles. The molecule has 8 heteroatoms. The highest BCUT2D eigenvalue weighted by Gasteiger charge is 2.29. The molecular formula is C21H24BrN3O4. The highest BCUT2D eigenvalue weighted by Crippen LogP contribution is 2.36. The minimum absolute atomic E-state index is 0.0711. The van der Waals surface area contributed by atoms with Gasteiger partial charge in [-0.15, -0.1) is 0 Å². The van der Waals surface area contributed by atoms with Gasteiger partial charge in [0.25, 0.3) is 5.91 Å². The Morgan fingerprint density at radius 1 is 1.38 bits per heavy atom. The van der Waals surface area contributed by atoms with Crippen LogP contribution in [0.3, 0.4) is 0 Å². The van der Waals surface area contributed by atoms with Gasteiger partial charge in [0.05, 0.1) is 17.4 Å². The Bertz CT molecular complexity index is 940. The van der Waals surface area contributed by atoms with E-state index < -0.39 is 0 Å². The number of amides is 1. The van der Waals surface area contributed by atoms with Crippen molar-refractivity contribution < 1.29 is 18.8 Å². The van der Waals surface area contributed by atoms with Gasteiger partial charge in [-0.3, -0.25) is 9.59 Å². The van der Waals surface area contributed by atoms with Crippen molar-refractivity contribution in [2.24, 2.45) is 0 Å². The monoisotopic (exact) mass is 461 g/mol. The van der Waals surface area contributed by atoms with E-state index in [1.54, 1.807) is 19.2 Å². The second-order valence-electron chi connectivity index (χ2n) is 7.60. The van der Waals surface area contributed by atoms with Gasteiger partial charge in [0.1, 0.15) is 11.5 Å². The van der Waals surface area contributed by atoms with Crippen LogP contribution in [0, 0.1) is 6.92 Å². The minimum atomic E-state index is -0.246. The molecule has 0 bridgehead atoms. The number of nitrogens with zero attached hydrogens (tertiary/aromatic N) is 1. The van der Waals surface area contributed by atoms with Crippen molar-refractivity contribution in [2.45, 2.75) is 51.0 Å². The van der Waals surface area contributed by atoms with Crippen molar-refractivity contribution >= 4 is 27.6 Å². The topological polar surface area (TPSA) is 97.2 Å². The van der Waals surface area contributed by atoms with Gasteiger partial charge < -0.3 is 19.6 Å². The van der Waals surface area contributed by atoms with Gasteiger partial charge in [-0.25, -0.2) is 0 Å². The number of aromatic nitrogens is 2. The molecule has 0 spiro atoms. The number of carbonyl (C=O) groups excluding carboxylic acids is 2. The molecule has 1 fully saturated rings. The van der Waals surface area contributed by atoms with Crippen LogP contribution in [0.5, 0.6) is 0 Å². The van der Waals surface area contributed by atoms with Crippen molar-refractivity contribution in [2.75, 3.05) is 13.2 Å². The van der Waals surface area contributed by atoms with Crippen LogP contribution in [0.4, 0.5) is 0 Å². The summed E-state index contributed by atoms with van der Waals surface area (Å²) in [6.45, 7) is 2.97. The Kier molecular flexibility index (Phi) is 6.01. The average Bonchev–Trinajstić information content (AvgIpc) is 3.47. The zero-order valence-electron chi connectivity index (χ0n) is 16.3. The summed E-state index contributed by atoms with van der Waals surface area (Å²) in [5, 5.41) is 7.04. The van der Waals surface area contributed by atoms with Gasteiger partial charge in [-0.2, -0.15) is 0 Å². The maximum atomic E-state index is 13.2. The molecule has 2 N–H and O–H groups in total. The lowest BCUT2D eigenvalue weighted by Crippen LogP contribution is -2.31. The van der Waals surface area contributed by atoms with Crippen LogP contribution >= 0.6 is 15.9 Å². The van der Waals surface area contributed by atoms with E-state index in [1.807, 2.05) is 0 Å². The van der Waals surface area contributed by atoms with E-state index >= 15 is 0 Å². The summed E-state index contributed by atoms with van der Waals surface area (Å²) in [6, 6.07) is 1.58. The molecule has 1 aliphatic carbocycles. The molecule has 29 heavy (non-hydrogen) atoms. The summed E-state index contributed by atoms with van der Waals surface area (Å²) in [6.07, 6.45) is 8.39. The molecule has 1 amide bonds. The van der Waals surface area contributed by atoms with E-state index in [1.165, 1.54) is 4.48 Å². The molecule has 1 aliphatic heterocycles. The van der Waals surface area contributed by atoms with Crippen molar-refractivity contribution in [3.63, 3.8) is 0 Å². The molecule has 0 aromatic carbocycles. The SMILES string of the molecule is Cc1onc(C2CC=C(Br)CC2)c1C(=O)c1c[nH]c(C(=O)NCC2CCCO2)c1. The quantitative estimate of drug-likeness (QED) is 0.633. The van der Waals surface area contributed by atoms with E-state index in [-0.39, 0.29) is 23.7 Å². The number of aromatic amines is 1. The Balaban J connectivity index is 1.48. The first-order valence-corrected chi connectivity index (χ1v) is 10.8. The van der Waals surface area contributed by atoms with Crippen LogP contribution in [0.1, 0.15) is 75.9 Å². The predicted octanol–water partition coefficient (Wildman–Crippen LogP) is 4.00. The van der Waals surface area contributed by atoms with E-state index in [2.05, 4.69) is 37.5 Å². The number of H-pyrrole nitrogens is 1. The number of halogens is 1. The van der Waals surface area contributed by atoms with Gasteiger partial charge >= 0.3 is 0 Å². The zero-order chi connectivity index (χ0) is 20.4. The van der Waals surface area contributed by atoms with Gasteiger partial charge in [-0.1, -0.05) is 27.2 Å². The van der Waals surface area contributed by atoms with Crippen LogP contribution in [-0.2, 0) is 4.74 Å². The van der Waals surface area contributed by atoms with Gasteiger partial charge in [0.2, 0.25) is 0 Å². The average molecular weight is 462 g/mol. The molecule has 2 aliphatic rings. The molecule has 2 atom stereocenters. The van der Waals surface area contributed by atoms with Crippen molar-refractivity contribution in [3.8, 4) is 0 Å². The first-order chi connectivity index (χ1) is 14.0. The van der Waals surface area contributed by atoms with Gasteiger partial charge in [0, 0.05) is 30.8 Å². The number of nitrogens with one attached hydrogen (secondary N) is 2. The number of rotatable bonds is 6. The number of hydrogen-bond acceptors (Lipinski definition) is 5. The Labute approximate surface area is 177 Å². The number of ether oxygens (including phenoxy) is 1. The van der Waals surface area contributed by atoms with E-state index in [4.69, 9.17) is 9.26 Å². The highest BCUT2D eigenvalue weighted by atomic mass is 79.9. The summed E-state index contributed by atoms with van der Waals surface area (Å²) in [7, 11) is 0. The van der Waals surface area contributed by atoms with E-state index in [0.29, 0.717) is 34.8 Å². The standard InChI is InChI=1S/C21H24BrN3O4/c1-12-18(19(25-29-12)13-4-6-15(22)7-5-13)20(26)14-9-17(23-10-14)21(27)24-11-16-3-2-8-28-16/h6,9-10,13,16,23H,2-5,7-8,11H2,1H3,(H,24,27).